The summed E-state index contributed by atoms with van der Waals surface area (Å²) in [7, 11) is 0. The van der Waals surface area contributed by atoms with E-state index in [0.717, 1.165) is 83.8 Å². The van der Waals surface area contributed by atoms with Crippen molar-refractivity contribution in [3.8, 4) is 0 Å². The molecule has 0 unspecified atom stereocenters. The van der Waals surface area contributed by atoms with Crippen LogP contribution in [0.15, 0.2) is 47.5 Å². The number of nitrogens with zero attached hydrogens (tertiary/aromatic N) is 3. The van der Waals surface area contributed by atoms with Crippen LogP contribution >= 0.6 is 11.6 Å². The fourth-order valence-corrected chi connectivity index (χ4v) is 7.94. The van der Waals surface area contributed by atoms with Crippen LogP contribution in [0.5, 0.6) is 0 Å². The first-order valence-electron chi connectivity index (χ1n) is 12.4. The summed E-state index contributed by atoms with van der Waals surface area (Å²) < 4.78 is 0. The Morgan fingerprint density at radius 3 is 2.28 bits per heavy atom. The van der Waals surface area contributed by atoms with E-state index in [9.17, 15) is 0 Å². The van der Waals surface area contributed by atoms with Gasteiger partial charge in [0, 0.05) is 48.5 Å². The van der Waals surface area contributed by atoms with Crippen molar-refractivity contribution in [2.24, 2.45) is 28.7 Å². The number of hydrogen-bond acceptors (Lipinski definition) is 4. The number of anilines is 2. The predicted octanol–water partition coefficient (Wildman–Crippen LogP) is 5.92. The minimum Gasteiger partial charge on any atom is -0.353 e. The van der Waals surface area contributed by atoms with Crippen LogP contribution in [0, 0.1) is 23.7 Å². The van der Waals surface area contributed by atoms with Crippen molar-refractivity contribution in [1.29, 1.82) is 0 Å². The van der Waals surface area contributed by atoms with Gasteiger partial charge in [-0.05, 0) is 86.1 Å². The first-order chi connectivity index (χ1) is 15.7. The summed E-state index contributed by atoms with van der Waals surface area (Å²) in [5.74, 6) is 5.11. The third-order valence-corrected chi connectivity index (χ3v) is 9.07. The van der Waals surface area contributed by atoms with Crippen molar-refractivity contribution in [2.75, 3.05) is 31.5 Å². The van der Waals surface area contributed by atoms with Gasteiger partial charge in [0.15, 0.2) is 0 Å². The highest BCUT2D eigenvalue weighted by molar-refractivity contribution is 6.31. The van der Waals surface area contributed by atoms with Crippen LogP contribution in [-0.4, -0.2) is 47.9 Å². The molecule has 0 amide bonds. The lowest BCUT2D eigenvalue weighted by atomic mass is 9.54. The molecule has 0 aromatic heterocycles. The zero-order valence-electron chi connectivity index (χ0n) is 18.5. The minimum absolute atomic E-state index is 0.728. The molecule has 5 heteroatoms. The number of hydrogen-bond donors (Lipinski definition) is 1. The highest BCUT2D eigenvalue weighted by Gasteiger charge is 2.50. The average Bonchev–Trinajstić information content (AvgIpc) is 2.95. The molecule has 1 saturated heterocycles. The van der Waals surface area contributed by atoms with Crippen LogP contribution in [0.2, 0.25) is 5.02 Å². The number of nitrogens with one attached hydrogen (secondary N) is 1. The van der Waals surface area contributed by atoms with Gasteiger partial charge >= 0.3 is 0 Å². The number of piperazine rings is 1. The Kier molecular flexibility index (Phi) is 4.55. The summed E-state index contributed by atoms with van der Waals surface area (Å²) in [4.78, 5) is 10.5. The van der Waals surface area contributed by atoms with E-state index < -0.39 is 0 Å². The van der Waals surface area contributed by atoms with E-state index in [0.29, 0.717) is 0 Å². The Morgan fingerprint density at radius 1 is 0.812 bits per heavy atom. The van der Waals surface area contributed by atoms with Crippen LogP contribution in [0.25, 0.3) is 0 Å². The molecule has 166 valence electrons. The molecule has 32 heavy (non-hydrogen) atoms. The minimum atomic E-state index is 0.728. The predicted molar refractivity (Wildman–Crippen MR) is 131 cm³/mol. The Hall–Kier alpha value is -2.04. The Morgan fingerprint density at radius 2 is 1.53 bits per heavy atom. The molecule has 8 rings (SSSR count). The van der Waals surface area contributed by atoms with Crippen LogP contribution < -0.4 is 5.32 Å². The molecular weight excluding hydrogens is 416 g/mol. The topological polar surface area (TPSA) is 30.9 Å². The molecule has 0 spiro atoms. The summed E-state index contributed by atoms with van der Waals surface area (Å²) in [5, 5.41) is 4.31. The highest BCUT2D eigenvalue weighted by Crippen LogP contribution is 2.55. The van der Waals surface area contributed by atoms with E-state index in [-0.39, 0.29) is 0 Å². The van der Waals surface area contributed by atoms with Gasteiger partial charge in [-0.25, -0.2) is 4.99 Å². The molecule has 2 aromatic rings. The van der Waals surface area contributed by atoms with Crippen molar-refractivity contribution in [3.05, 3.63) is 53.1 Å². The number of halogens is 1. The van der Waals surface area contributed by atoms with Crippen LogP contribution in [-0.2, 0) is 0 Å². The number of aliphatic imine (C=N–C) groups is 1. The van der Waals surface area contributed by atoms with Crippen molar-refractivity contribution in [2.45, 2.75) is 38.1 Å². The zero-order valence-corrected chi connectivity index (χ0v) is 19.3. The van der Waals surface area contributed by atoms with E-state index >= 15 is 0 Å². The molecule has 4 aliphatic carbocycles. The maximum absolute atomic E-state index is 6.32. The molecule has 4 saturated carbocycles. The summed E-state index contributed by atoms with van der Waals surface area (Å²) in [6.45, 7) is 4.41. The molecule has 2 heterocycles. The SMILES string of the molecule is Clc1ccc2c(c1)N=C(N1CCN(C3C4CC5CC(C4)CC3C5)CC1)c1ccccc1N2. The number of fused-ring (bicyclic) bond motifs is 2. The molecule has 1 N–H and O–H groups in total. The monoisotopic (exact) mass is 446 g/mol. The van der Waals surface area contributed by atoms with Gasteiger partial charge in [0.25, 0.3) is 0 Å². The fourth-order valence-electron chi connectivity index (χ4n) is 7.78. The van der Waals surface area contributed by atoms with Crippen molar-refractivity contribution in [1.82, 2.24) is 9.80 Å². The molecular formula is C27H31ClN4. The van der Waals surface area contributed by atoms with Gasteiger partial charge in [0.2, 0.25) is 0 Å². The standard InChI is InChI=1S/C27H31ClN4/c28-21-5-6-24-25(16-21)30-27(22-3-1-2-4-23(22)29-24)32-9-7-31(8-10-32)26-19-12-17-11-18(14-19)15-20(26)13-17/h1-6,16-20,26,29H,7-15H2. The third-order valence-electron chi connectivity index (χ3n) is 8.84. The largest absolute Gasteiger partial charge is 0.353 e. The number of rotatable bonds is 1. The fraction of sp³-hybridized carbons (Fsp3) is 0.519. The van der Waals surface area contributed by atoms with Gasteiger partial charge in [-0.15, -0.1) is 0 Å². The van der Waals surface area contributed by atoms with Crippen LogP contribution in [0.4, 0.5) is 17.1 Å². The Labute approximate surface area is 195 Å². The van der Waals surface area contributed by atoms with Gasteiger partial charge in [-0.1, -0.05) is 23.7 Å². The quantitative estimate of drug-likeness (QED) is 0.590. The molecule has 4 nitrogen and oxygen atoms in total. The van der Waals surface area contributed by atoms with Gasteiger partial charge in [-0.2, -0.15) is 0 Å². The normalized spacial score (nSPS) is 33.2. The van der Waals surface area contributed by atoms with E-state index in [4.69, 9.17) is 16.6 Å². The molecule has 4 bridgehead atoms. The van der Waals surface area contributed by atoms with E-state index in [2.05, 4.69) is 39.4 Å². The lowest BCUT2D eigenvalue weighted by molar-refractivity contribution is -0.0727. The number of amidine groups is 1. The molecule has 5 fully saturated rings. The molecule has 2 aromatic carbocycles. The van der Waals surface area contributed by atoms with Crippen molar-refractivity contribution in [3.63, 3.8) is 0 Å². The second-order valence-electron chi connectivity index (χ2n) is 10.7. The second-order valence-corrected chi connectivity index (χ2v) is 11.1. The number of para-hydroxylation sites is 1. The molecule has 0 radical (unpaired) electrons. The Balaban J connectivity index is 1.15. The lowest BCUT2D eigenvalue weighted by Gasteiger charge is -2.58. The summed E-state index contributed by atoms with van der Waals surface area (Å²) in [6.07, 6.45) is 7.54. The third kappa shape index (κ3) is 3.18. The van der Waals surface area contributed by atoms with Gasteiger partial charge in [0.05, 0.1) is 11.4 Å². The number of benzene rings is 2. The smallest absolute Gasteiger partial charge is 0.138 e. The first kappa shape index (κ1) is 19.4. The lowest BCUT2D eigenvalue weighted by Crippen LogP contribution is -2.60. The van der Waals surface area contributed by atoms with Gasteiger partial charge < -0.3 is 10.2 Å². The second kappa shape index (κ2) is 7.50. The van der Waals surface area contributed by atoms with Crippen LogP contribution in [0.1, 0.15) is 37.7 Å². The zero-order chi connectivity index (χ0) is 21.2. The molecule has 6 aliphatic rings. The maximum atomic E-state index is 6.32. The molecule has 0 atom stereocenters. The highest BCUT2D eigenvalue weighted by atomic mass is 35.5. The van der Waals surface area contributed by atoms with E-state index in [1.807, 2.05) is 18.2 Å². The summed E-state index contributed by atoms with van der Waals surface area (Å²) >= 11 is 6.32. The van der Waals surface area contributed by atoms with E-state index in [1.165, 1.54) is 37.7 Å². The maximum Gasteiger partial charge on any atom is 0.138 e. The average molecular weight is 447 g/mol. The van der Waals surface area contributed by atoms with Crippen molar-refractivity contribution < 1.29 is 0 Å². The first-order valence-corrected chi connectivity index (χ1v) is 12.8. The van der Waals surface area contributed by atoms with Crippen LogP contribution in [0.3, 0.4) is 0 Å². The molecule has 2 aliphatic heterocycles. The van der Waals surface area contributed by atoms with E-state index in [1.54, 1.807) is 0 Å². The summed E-state index contributed by atoms with van der Waals surface area (Å²) in [5.41, 5.74) is 4.25. The van der Waals surface area contributed by atoms with Crippen molar-refractivity contribution >= 4 is 34.5 Å². The summed E-state index contributed by atoms with van der Waals surface area (Å²) in [6, 6.07) is 15.3. The Bertz CT molecular complexity index is 1040. The van der Waals surface area contributed by atoms with Gasteiger partial charge in [0.1, 0.15) is 5.84 Å². The van der Waals surface area contributed by atoms with Gasteiger partial charge in [-0.3, -0.25) is 4.90 Å².